The van der Waals surface area contributed by atoms with E-state index in [1.165, 1.54) is 0 Å². The van der Waals surface area contributed by atoms with Crippen molar-refractivity contribution in [3.8, 4) is 11.5 Å². The molecule has 0 saturated carbocycles. The van der Waals surface area contributed by atoms with Gasteiger partial charge in [-0.05, 0) is 60.2 Å². The summed E-state index contributed by atoms with van der Waals surface area (Å²) in [6, 6.07) is 19.9. The SMILES string of the molecule is CCOC(=O)C1=C(C)NC2=C(C(=O)CC(c3ccc(OC)c(OC)c3)C2)C1c1cccc2ccccc12. The molecular formula is C31H31NO5. The first-order valence-corrected chi connectivity index (χ1v) is 12.6. The van der Waals surface area contributed by atoms with Crippen LogP contribution in [-0.4, -0.2) is 32.6 Å². The van der Waals surface area contributed by atoms with Crippen LogP contribution in [0.5, 0.6) is 11.5 Å². The van der Waals surface area contributed by atoms with Crippen molar-refractivity contribution < 1.29 is 23.8 Å². The molecule has 2 unspecified atom stereocenters. The summed E-state index contributed by atoms with van der Waals surface area (Å²) in [7, 11) is 3.21. The van der Waals surface area contributed by atoms with E-state index in [4.69, 9.17) is 14.2 Å². The molecule has 0 fully saturated rings. The molecule has 5 rings (SSSR count). The molecule has 0 amide bonds. The van der Waals surface area contributed by atoms with Gasteiger partial charge < -0.3 is 19.5 Å². The number of hydrogen-bond donors (Lipinski definition) is 1. The van der Waals surface area contributed by atoms with Crippen LogP contribution in [0.1, 0.15) is 49.7 Å². The normalized spacial score (nSPS) is 19.4. The van der Waals surface area contributed by atoms with E-state index < -0.39 is 11.9 Å². The average molecular weight is 498 g/mol. The number of carbonyl (C=O) groups is 2. The third-order valence-electron chi connectivity index (χ3n) is 7.34. The minimum Gasteiger partial charge on any atom is -0.493 e. The lowest BCUT2D eigenvalue weighted by Crippen LogP contribution is -2.36. The van der Waals surface area contributed by atoms with Crippen molar-refractivity contribution in [2.75, 3.05) is 20.8 Å². The van der Waals surface area contributed by atoms with Gasteiger partial charge in [-0.15, -0.1) is 0 Å². The molecule has 0 radical (unpaired) electrons. The van der Waals surface area contributed by atoms with Crippen LogP contribution in [0.3, 0.4) is 0 Å². The summed E-state index contributed by atoms with van der Waals surface area (Å²) in [6.07, 6.45) is 0.984. The van der Waals surface area contributed by atoms with E-state index in [-0.39, 0.29) is 18.3 Å². The molecule has 190 valence electrons. The Hall–Kier alpha value is -4.06. The van der Waals surface area contributed by atoms with Crippen LogP contribution in [-0.2, 0) is 14.3 Å². The van der Waals surface area contributed by atoms with Crippen LogP contribution >= 0.6 is 0 Å². The molecule has 37 heavy (non-hydrogen) atoms. The standard InChI is InChI=1S/C31H31NO5/c1-5-37-31(34)28-18(2)32-24-15-21(20-13-14-26(35-3)27(17-20)36-4)16-25(33)30(24)29(28)23-12-8-10-19-9-6-7-11-22(19)23/h6-14,17,21,29,32H,5,15-16H2,1-4H3. The number of ketones is 1. The topological polar surface area (TPSA) is 73.9 Å². The van der Waals surface area contributed by atoms with Gasteiger partial charge in [-0.3, -0.25) is 4.79 Å². The molecule has 0 bridgehead atoms. The molecule has 1 N–H and O–H groups in total. The van der Waals surface area contributed by atoms with E-state index in [9.17, 15) is 9.59 Å². The quantitative estimate of drug-likeness (QED) is 0.435. The Morgan fingerprint density at radius 3 is 2.49 bits per heavy atom. The van der Waals surface area contributed by atoms with Gasteiger partial charge >= 0.3 is 5.97 Å². The number of dihydropyridines is 1. The van der Waals surface area contributed by atoms with Crippen molar-refractivity contribution in [2.24, 2.45) is 0 Å². The fraction of sp³-hybridized carbons (Fsp3) is 0.290. The fourth-order valence-electron chi connectivity index (χ4n) is 5.67. The Morgan fingerprint density at radius 2 is 1.73 bits per heavy atom. The van der Waals surface area contributed by atoms with E-state index in [0.29, 0.717) is 35.5 Å². The number of fused-ring (bicyclic) bond motifs is 1. The van der Waals surface area contributed by atoms with Gasteiger partial charge in [0, 0.05) is 29.3 Å². The lowest BCUT2D eigenvalue weighted by atomic mass is 9.71. The van der Waals surface area contributed by atoms with E-state index in [1.807, 2.05) is 67.6 Å². The number of rotatable bonds is 6. The summed E-state index contributed by atoms with van der Waals surface area (Å²) in [4.78, 5) is 27.2. The van der Waals surface area contributed by atoms with E-state index in [0.717, 1.165) is 33.3 Å². The molecule has 1 aliphatic carbocycles. The molecule has 2 atom stereocenters. The highest BCUT2D eigenvalue weighted by Gasteiger charge is 2.42. The number of benzene rings is 3. The zero-order chi connectivity index (χ0) is 26.1. The van der Waals surface area contributed by atoms with Crippen molar-refractivity contribution in [1.82, 2.24) is 5.32 Å². The zero-order valence-electron chi connectivity index (χ0n) is 21.6. The third kappa shape index (κ3) is 4.37. The van der Waals surface area contributed by atoms with Crippen LogP contribution in [0.15, 0.2) is 83.2 Å². The number of ether oxygens (including phenoxy) is 3. The number of nitrogens with one attached hydrogen (secondary N) is 1. The number of esters is 1. The van der Waals surface area contributed by atoms with Gasteiger partial charge in [0.1, 0.15) is 0 Å². The first-order valence-electron chi connectivity index (χ1n) is 12.6. The van der Waals surface area contributed by atoms with E-state index in [1.54, 1.807) is 21.1 Å². The van der Waals surface area contributed by atoms with Crippen molar-refractivity contribution in [2.45, 2.75) is 38.5 Å². The highest BCUT2D eigenvalue weighted by molar-refractivity contribution is 6.05. The lowest BCUT2D eigenvalue weighted by molar-refractivity contribution is -0.138. The molecule has 1 aliphatic heterocycles. The van der Waals surface area contributed by atoms with Crippen LogP contribution in [0.25, 0.3) is 10.8 Å². The smallest absolute Gasteiger partial charge is 0.336 e. The van der Waals surface area contributed by atoms with Gasteiger partial charge in [-0.25, -0.2) is 4.79 Å². The largest absolute Gasteiger partial charge is 0.493 e. The second-order valence-electron chi connectivity index (χ2n) is 9.42. The first kappa shape index (κ1) is 24.6. The summed E-state index contributed by atoms with van der Waals surface area (Å²) < 4.78 is 16.4. The maximum absolute atomic E-state index is 13.9. The Labute approximate surface area is 216 Å². The van der Waals surface area contributed by atoms with Crippen LogP contribution in [0.4, 0.5) is 0 Å². The maximum atomic E-state index is 13.9. The fourth-order valence-corrected chi connectivity index (χ4v) is 5.67. The van der Waals surface area contributed by atoms with E-state index >= 15 is 0 Å². The Bertz CT molecular complexity index is 1450. The monoisotopic (exact) mass is 497 g/mol. The average Bonchev–Trinajstić information content (AvgIpc) is 2.91. The highest BCUT2D eigenvalue weighted by atomic mass is 16.5. The Kier molecular flexibility index (Phi) is 6.74. The van der Waals surface area contributed by atoms with Crippen LogP contribution in [0.2, 0.25) is 0 Å². The van der Waals surface area contributed by atoms with Crippen LogP contribution in [0, 0.1) is 0 Å². The molecule has 6 nitrogen and oxygen atoms in total. The number of methoxy groups -OCH3 is 2. The minimum atomic E-state index is -0.500. The van der Waals surface area contributed by atoms with Gasteiger partial charge in [-0.2, -0.15) is 0 Å². The molecule has 0 saturated heterocycles. The number of carbonyl (C=O) groups excluding carboxylic acids is 2. The van der Waals surface area contributed by atoms with Gasteiger partial charge in [0.25, 0.3) is 0 Å². The molecule has 2 aliphatic rings. The maximum Gasteiger partial charge on any atom is 0.336 e. The molecular weight excluding hydrogens is 466 g/mol. The second-order valence-corrected chi connectivity index (χ2v) is 9.42. The lowest BCUT2D eigenvalue weighted by Gasteiger charge is -2.37. The molecule has 6 heteroatoms. The second kappa shape index (κ2) is 10.1. The summed E-state index contributed by atoms with van der Waals surface area (Å²) in [5.41, 5.74) is 4.68. The van der Waals surface area contributed by atoms with Gasteiger partial charge in [0.2, 0.25) is 0 Å². The number of allylic oxidation sites excluding steroid dienone is 3. The molecule has 3 aromatic carbocycles. The van der Waals surface area contributed by atoms with Gasteiger partial charge in [-0.1, -0.05) is 48.5 Å². The predicted molar refractivity (Wildman–Crippen MR) is 143 cm³/mol. The molecule has 0 aromatic heterocycles. The van der Waals surface area contributed by atoms with Crippen LogP contribution < -0.4 is 14.8 Å². The Balaban J connectivity index is 1.63. The molecule has 1 heterocycles. The summed E-state index contributed by atoms with van der Waals surface area (Å²) >= 11 is 0. The van der Waals surface area contributed by atoms with Gasteiger partial charge in [0.15, 0.2) is 17.3 Å². The molecule has 0 spiro atoms. The zero-order valence-corrected chi connectivity index (χ0v) is 21.6. The third-order valence-corrected chi connectivity index (χ3v) is 7.34. The van der Waals surface area contributed by atoms with Crippen molar-refractivity contribution in [3.05, 3.63) is 94.3 Å². The summed E-state index contributed by atoms with van der Waals surface area (Å²) in [5, 5.41) is 5.50. The number of Topliss-reactive ketones (excluding diaryl/α,β-unsaturated/α-hetero) is 1. The molecule has 3 aromatic rings. The van der Waals surface area contributed by atoms with E-state index in [2.05, 4.69) is 5.32 Å². The predicted octanol–water partition coefficient (Wildman–Crippen LogP) is 5.78. The summed E-state index contributed by atoms with van der Waals surface area (Å²) in [6.45, 7) is 3.94. The Morgan fingerprint density at radius 1 is 0.973 bits per heavy atom. The highest BCUT2D eigenvalue weighted by Crippen LogP contribution is 2.47. The number of hydrogen-bond acceptors (Lipinski definition) is 6. The minimum absolute atomic E-state index is 0.0244. The van der Waals surface area contributed by atoms with Crippen molar-refractivity contribution in [1.29, 1.82) is 0 Å². The van der Waals surface area contributed by atoms with Gasteiger partial charge in [0.05, 0.1) is 26.4 Å². The van der Waals surface area contributed by atoms with Crippen molar-refractivity contribution in [3.63, 3.8) is 0 Å². The summed E-state index contributed by atoms with van der Waals surface area (Å²) in [5.74, 6) is 0.396. The first-order chi connectivity index (χ1) is 18.0. The van der Waals surface area contributed by atoms with Crippen molar-refractivity contribution >= 4 is 22.5 Å².